The van der Waals surface area contributed by atoms with Crippen molar-refractivity contribution < 1.29 is 9.94 Å². The third-order valence-electron chi connectivity index (χ3n) is 0.494. The molecule has 0 spiro atoms. The Balaban J connectivity index is 3.17. The highest BCUT2D eigenvalue weighted by molar-refractivity contribution is 5.72. The molecule has 0 atom stereocenters. The van der Waals surface area contributed by atoms with Crippen LogP contribution in [0.25, 0.3) is 0 Å². The van der Waals surface area contributed by atoms with Crippen molar-refractivity contribution >= 4 is 5.90 Å². The number of oxime groups is 1. The van der Waals surface area contributed by atoms with Gasteiger partial charge in [-0.15, -0.1) is 0 Å². The molecule has 1 N–H and O–H groups in total. The fourth-order valence-corrected chi connectivity index (χ4v) is 0.238. The lowest BCUT2D eigenvalue weighted by Gasteiger charge is -1.94. The van der Waals surface area contributed by atoms with Crippen molar-refractivity contribution in [3.05, 3.63) is 0 Å². The molecule has 0 aromatic rings. The van der Waals surface area contributed by atoms with Crippen LogP contribution in [0, 0.1) is 0 Å². The first kappa shape index (κ1) is 6.27. The van der Waals surface area contributed by atoms with Gasteiger partial charge in [0.2, 0.25) is 5.90 Å². The Morgan fingerprint density at radius 1 is 1.86 bits per heavy atom. The molecule has 42 valence electrons. The second-order valence-corrected chi connectivity index (χ2v) is 1.05. The minimum atomic E-state index is 0.308. The van der Waals surface area contributed by atoms with E-state index in [2.05, 4.69) is 5.16 Å². The van der Waals surface area contributed by atoms with Crippen molar-refractivity contribution in [1.82, 2.24) is 0 Å². The Morgan fingerprint density at radius 3 is 2.57 bits per heavy atom. The molecule has 3 heteroatoms. The number of hydrogen-bond acceptors (Lipinski definition) is 3. The van der Waals surface area contributed by atoms with Gasteiger partial charge < -0.3 is 9.94 Å². The molecule has 0 aliphatic heterocycles. The summed E-state index contributed by atoms with van der Waals surface area (Å²) in [6, 6.07) is 0. The molecule has 0 unspecified atom stereocenters. The molecule has 0 radical (unpaired) electrons. The second kappa shape index (κ2) is 3.46. The summed E-state index contributed by atoms with van der Waals surface area (Å²) < 4.78 is 4.69. The molecule has 7 heavy (non-hydrogen) atoms. The Bertz CT molecular complexity index is 70.1. The molecule has 0 aliphatic rings. The molecule has 0 saturated carbocycles. The minimum Gasteiger partial charge on any atom is -0.479 e. The van der Waals surface area contributed by atoms with Crippen molar-refractivity contribution in [2.24, 2.45) is 5.16 Å². The molecular weight excluding hydrogens is 94.0 g/mol. The van der Waals surface area contributed by atoms with Gasteiger partial charge in [0, 0.05) is 6.92 Å². The van der Waals surface area contributed by atoms with E-state index in [1.165, 1.54) is 0 Å². The fourth-order valence-electron chi connectivity index (χ4n) is 0.238. The van der Waals surface area contributed by atoms with Crippen molar-refractivity contribution in [3.63, 3.8) is 0 Å². The molecule has 0 aromatic heterocycles. The van der Waals surface area contributed by atoms with Crippen LogP contribution in [0.5, 0.6) is 0 Å². The van der Waals surface area contributed by atoms with Crippen LogP contribution in [0.3, 0.4) is 0 Å². The SMILES string of the molecule is CCO/C(C)=N\O. The monoisotopic (exact) mass is 103 g/mol. The van der Waals surface area contributed by atoms with Crippen molar-refractivity contribution in [3.8, 4) is 0 Å². The van der Waals surface area contributed by atoms with E-state index in [0.717, 1.165) is 0 Å². The lowest BCUT2D eigenvalue weighted by Crippen LogP contribution is -1.96. The molecule has 0 aliphatic carbocycles. The molecule has 0 heterocycles. The molecule has 3 nitrogen and oxygen atoms in total. The summed E-state index contributed by atoms with van der Waals surface area (Å²) in [6.45, 7) is 3.97. The van der Waals surface area contributed by atoms with Gasteiger partial charge in [0.1, 0.15) is 0 Å². The van der Waals surface area contributed by atoms with Gasteiger partial charge in [-0.25, -0.2) is 0 Å². The molecule has 0 rings (SSSR count). The van der Waals surface area contributed by atoms with Crippen LogP contribution < -0.4 is 0 Å². The van der Waals surface area contributed by atoms with Crippen LogP contribution in [0.2, 0.25) is 0 Å². The second-order valence-electron chi connectivity index (χ2n) is 1.05. The highest BCUT2D eigenvalue weighted by Crippen LogP contribution is 1.75. The summed E-state index contributed by atoms with van der Waals surface area (Å²) in [6.07, 6.45) is 0. The summed E-state index contributed by atoms with van der Waals surface area (Å²) in [5, 5.41) is 10.7. The topological polar surface area (TPSA) is 41.8 Å². The van der Waals surface area contributed by atoms with E-state index in [9.17, 15) is 0 Å². The zero-order valence-electron chi connectivity index (χ0n) is 4.51. The Labute approximate surface area is 42.6 Å². The van der Waals surface area contributed by atoms with Crippen LogP contribution in [-0.2, 0) is 4.74 Å². The predicted molar refractivity (Wildman–Crippen MR) is 26.5 cm³/mol. The van der Waals surface area contributed by atoms with Gasteiger partial charge in [0.15, 0.2) is 0 Å². The van der Waals surface area contributed by atoms with Crippen molar-refractivity contribution in [2.45, 2.75) is 13.8 Å². The van der Waals surface area contributed by atoms with Gasteiger partial charge in [-0.05, 0) is 6.92 Å². The van der Waals surface area contributed by atoms with E-state index < -0.39 is 0 Å². The largest absolute Gasteiger partial charge is 0.479 e. The summed E-state index contributed by atoms with van der Waals surface area (Å²) >= 11 is 0. The molecule has 0 aromatic carbocycles. The quantitative estimate of drug-likeness (QED) is 0.231. The van der Waals surface area contributed by atoms with Crippen molar-refractivity contribution in [1.29, 1.82) is 0 Å². The fraction of sp³-hybridized carbons (Fsp3) is 0.750. The molecule has 0 fully saturated rings. The first-order chi connectivity index (χ1) is 3.31. The van der Waals surface area contributed by atoms with E-state index in [0.29, 0.717) is 12.5 Å². The normalized spacial score (nSPS) is 11.4. The number of hydrogen-bond donors (Lipinski definition) is 1. The summed E-state index contributed by atoms with van der Waals surface area (Å²) in [4.78, 5) is 0. The van der Waals surface area contributed by atoms with Gasteiger partial charge in [-0.1, -0.05) is 5.16 Å². The lowest BCUT2D eigenvalue weighted by atomic mass is 10.7. The van der Waals surface area contributed by atoms with Crippen LogP contribution in [0.1, 0.15) is 13.8 Å². The van der Waals surface area contributed by atoms with E-state index in [4.69, 9.17) is 9.94 Å². The van der Waals surface area contributed by atoms with Crippen LogP contribution >= 0.6 is 0 Å². The molecular formula is C4H9NO2. The first-order valence-corrected chi connectivity index (χ1v) is 2.12. The highest BCUT2D eigenvalue weighted by atomic mass is 16.5. The van der Waals surface area contributed by atoms with E-state index >= 15 is 0 Å². The van der Waals surface area contributed by atoms with E-state index in [1.807, 2.05) is 6.92 Å². The van der Waals surface area contributed by atoms with Gasteiger partial charge >= 0.3 is 0 Å². The minimum absolute atomic E-state index is 0.308. The first-order valence-electron chi connectivity index (χ1n) is 2.12. The maximum atomic E-state index is 7.93. The van der Waals surface area contributed by atoms with E-state index in [-0.39, 0.29) is 0 Å². The van der Waals surface area contributed by atoms with Gasteiger partial charge in [0.25, 0.3) is 0 Å². The molecule has 0 saturated heterocycles. The van der Waals surface area contributed by atoms with Crippen molar-refractivity contribution in [2.75, 3.05) is 6.61 Å². The predicted octanol–water partition coefficient (Wildman–Crippen LogP) is 0.831. The number of ether oxygens (including phenoxy) is 1. The summed E-state index contributed by atoms with van der Waals surface area (Å²) in [5.74, 6) is 0.308. The smallest absolute Gasteiger partial charge is 0.222 e. The standard InChI is InChI=1S/C4H9NO2/c1-3-7-4(2)5-6/h6H,3H2,1-2H3/b5-4-. The maximum Gasteiger partial charge on any atom is 0.222 e. The molecule has 0 bridgehead atoms. The van der Waals surface area contributed by atoms with Crippen LogP contribution in [-0.4, -0.2) is 17.7 Å². The number of rotatable bonds is 1. The zero-order valence-corrected chi connectivity index (χ0v) is 4.51. The zero-order chi connectivity index (χ0) is 5.70. The Morgan fingerprint density at radius 2 is 2.43 bits per heavy atom. The van der Waals surface area contributed by atoms with Gasteiger partial charge in [-0.2, -0.15) is 0 Å². The lowest BCUT2D eigenvalue weighted by molar-refractivity contribution is 0.263. The Kier molecular flexibility index (Phi) is 3.10. The average Bonchev–Trinajstić information content (AvgIpc) is 1.68. The van der Waals surface area contributed by atoms with Crippen LogP contribution in [0.4, 0.5) is 0 Å². The molecule has 0 amide bonds. The highest BCUT2D eigenvalue weighted by Gasteiger charge is 1.82. The third kappa shape index (κ3) is 3.09. The van der Waals surface area contributed by atoms with Gasteiger partial charge in [-0.3, -0.25) is 0 Å². The average molecular weight is 103 g/mol. The van der Waals surface area contributed by atoms with Gasteiger partial charge in [0.05, 0.1) is 6.61 Å². The Hall–Kier alpha value is -0.730. The number of nitrogens with zero attached hydrogens (tertiary/aromatic N) is 1. The summed E-state index contributed by atoms with van der Waals surface area (Å²) in [7, 11) is 0. The van der Waals surface area contributed by atoms with Crippen LogP contribution in [0.15, 0.2) is 5.16 Å². The maximum absolute atomic E-state index is 7.93. The summed E-state index contributed by atoms with van der Waals surface area (Å²) in [5.41, 5.74) is 0. The van der Waals surface area contributed by atoms with E-state index in [1.54, 1.807) is 6.92 Å². The third-order valence-corrected chi connectivity index (χ3v) is 0.494.